The number of anilines is 1. The lowest BCUT2D eigenvalue weighted by Crippen LogP contribution is -2.33. The molecule has 36 heavy (non-hydrogen) atoms. The van der Waals surface area contributed by atoms with Crippen molar-refractivity contribution < 1.29 is 18.9 Å². The van der Waals surface area contributed by atoms with Gasteiger partial charge >= 0.3 is 0 Å². The minimum absolute atomic E-state index is 0.456. The molecule has 0 bridgehead atoms. The largest absolute Gasteiger partial charge is 0.496 e. The minimum atomic E-state index is 0.456. The van der Waals surface area contributed by atoms with Crippen molar-refractivity contribution >= 4 is 21.9 Å². The summed E-state index contributed by atoms with van der Waals surface area (Å²) in [5, 5.41) is 25.3. The summed E-state index contributed by atoms with van der Waals surface area (Å²) in [6.07, 6.45) is 4.36. The van der Waals surface area contributed by atoms with Gasteiger partial charge in [-0.05, 0) is 43.7 Å². The predicted octanol–water partition coefficient (Wildman–Crippen LogP) is 4.89. The molecule has 4 rings (SSSR count). The Kier molecular flexibility index (Phi) is 8.52. The van der Waals surface area contributed by atoms with Gasteiger partial charge in [0.05, 0.1) is 50.3 Å². The Labute approximate surface area is 215 Å². The van der Waals surface area contributed by atoms with Crippen LogP contribution in [0.1, 0.15) is 37.7 Å². The van der Waals surface area contributed by atoms with Crippen LogP contribution in [0, 0.1) is 28.6 Å². The van der Waals surface area contributed by atoms with Crippen LogP contribution in [0.5, 0.6) is 17.4 Å². The normalized spacial score (nSPS) is 13.8. The van der Waals surface area contributed by atoms with Crippen molar-refractivity contribution in [3.05, 3.63) is 23.1 Å². The zero-order chi connectivity index (χ0) is 25.5. The summed E-state index contributed by atoms with van der Waals surface area (Å²) < 4.78 is 24.5. The third kappa shape index (κ3) is 5.20. The Morgan fingerprint density at radius 3 is 2.44 bits per heavy atom. The average Bonchev–Trinajstić information content (AvgIpc) is 3.49. The van der Waals surface area contributed by atoms with E-state index < -0.39 is 0 Å². The fourth-order valence-corrected chi connectivity index (χ4v) is 5.66. The lowest BCUT2D eigenvalue weighted by molar-refractivity contribution is 0.0682. The van der Waals surface area contributed by atoms with Crippen LogP contribution >= 0.6 is 11.3 Å². The molecular formula is C26H31N5O4S. The number of hydrogen-bond donors (Lipinski definition) is 0. The van der Waals surface area contributed by atoms with Crippen LogP contribution in [-0.2, 0) is 4.74 Å². The lowest BCUT2D eigenvalue weighted by Gasteiger charge is -2.31. The van der Waals surface area contributed by atoms with E-state index in [0.717, 1.165) is 73.8 Å². The number of hydrogen-bond acceptors (Lipinski definition) is 9. The molecule has 1 aliphatic rings. The van der Waals surface area contributed by atoms with Gasteiger partial charge in [-0.1, -0.05) is 0 Å². The highest BCUT2D eigenvalue weighted by atomic mass is 32.1. The second-order valence-corrected chi connectivity index (χ2v) is 9.54. The Balaban J connectivity index is 1.79. The maximum atomic E-state index is 9.42. The van der Waals surface area contributed by atoms with Gasteiger partial charge in [0.2, 0.25) is 0 Å². The zero-order valence-corrected chi connectivity index (χ0v) is 21.8. The maximum Gasteiger partial charge on any atom is 0.258 e. The van der Waals surface area contributed by atoms with Gasteiger partial charge in [-0.2, -0.15) is 10.5 Å². The molecular weight excluding hydrogens is 478 g/mol. The first-order valence-electron chi connectivity index (χ1n) is 12.1. The number of aromatic nitrogens is 2. The van der Waals surface area contributed by atoms with E-state index in [1.54, 1.807) is 44.8 Å². The van der Waals surface area contributed by atoms with Crippen LogP contribution in [0.15, 0.2) is 17.5 Å². The molecule has 10 heteroatoms. The van der Waals surface area contributed by atoms with Gasteiger partial charge in [-0.15, -0.1) is 16.4 Å². The molecule has 0 amide bonds. The van der Waals surface area contributed by atoms with Gasteiger partial charge in [0.15, 0.2) is 0 Å². The van der Waals surface area contributed by atoms with Gasteiger partial charge in [-0.3, -0.25) is 0 Å². The van der Waals surface area contributed by atoms with Gasteiger partial charge in [0.25, 0.3) is 5.88 Å². The van der Waals surface area contributed by atoms with Gasteiger partial charge < -0.3 is 23.8 Å². The molecule has 0 aliphatic carbocycles. The molecule has 3 aromatic rings. The molecule has 190 valence electrons. The summed E-state index contributed by atoms with van der Waals surface area (Å²) in [6.45, 7) is 3.27. The molecule has 9 nitrogen and oxygen atoms in total. The molecule has 1 fully saturated rings. The van der Waals surface area contributed by atoms with E-state index in [9.17, 15) is 5.26 Å². The summed E-state index contributed by atoms with van der Waals surface area (Å²) in [7, 11) is 4.80. The number of ether oxygens (including phenoxy) is 4. The summed E-state index contributed by atoms with van der Waals surface area (Å²) >= 11 is 1.58. The maximum absolute atomic E-state index is 9.42. The van der Waals surface area contributed by atoms with Crippen LogP contribution in [0.4, 0.5) is 5.69 Å². The predicted molar refractivity (Wildman–Crippen MR) is 138 cm³/mol. The molecule has 2 aromatic heterocycles. The Hall–Kier alpha value is -3.47. The quantitative estimate of drug-likeness (QED) is 0.337. The van der Waals surface area contributed by atoms with Crippen molar-refractivity contribution in [1.82, 2.24) is 9.61 Å². The summed E-state index contributed by atoms with van der Waals surface area (Å²) in [5.41, 5.74) is 2.95. The van der Waals surface area contributed by atoms with E-state index in [-0.39, 0.29) is 0 Å². The standard InChI is InChI=1S/C26H31N5O4S/c1-32-21-13-19(15-28)14-22(33-2)23(21)20-17-36-26-24(25(34-3)29-31(20)26)30(10-6-4-5-9-27)16-18-7-11-35-12-8-18/h13-14,17-18H,4-8,10-12,16H2,1-3H3. The fourth-order valence-electron chi connectivity index (χ4n) is 4.65. The van der Waals surface area contributed by atoms with Crippen molar-refractivity contribution in [2.75, 3.05) is 52.5 Å². The number of unbranched alkanes of at least 4 members (excludes halogenated alkanes) is 2. The molecule has 0 spiro atoms. The zero-order valence-electron chi connectivity index (χ0n) is 21.0. The number of nitrogens with zero attached hydrogens (tertiary/aromatic N) is 5. The Morgan fingerprint density at radius 1 is 1.11 bits per heavy atom. The topological polar surface area (TPSA) is 105 Å². The van der Waals surface area contributed by atoms with Crippen LogP contribution in [0.3, 0.4) is 0 Å². The molecule has 1 saturated heterocycles. The highest BCUT2D eigenvalue weighted by molar-refractivity contribution is 7.16. The number of benzene rings is 1. The van der Waals surface area contributed by atoms with Gasteiger partial charge in [0, 0.05) is 38.1 Å². The Morgan fingerprint density at radius 2 is 1.83 bits per heavy atom. The van der Waals surface area contributed by atoms with Gasteiger partial charge in [-0.25, -0.2) is 4.52 Å². The SMILES string of the molecule is COc1cc(C#N)cc(OC)c1-c1csc2c(N(CCCCC#N)CC3CCOCC3)c(OC)nn12. The number of rotatable bonds is 11. The third-order valence-electron chi connectivity index (χ3n) is 6.49. The highest BCUT2D eigenvalue weighted by Gasteiger charge is 2.28. The van der Waals surface area contributed by atoms with E-state index in [1.165, 1.54) is 0 Å². The first-order valence-corrected chi connectivity index (χ1v) is 12.9. The molecule has 1 aromatic carbocycles. The van der Waals surface area contributed by atoms with Crippen LogP contribution < -0.4 is 19.1 Å². The van der Waals surface area contributed by atoms with E-state index >= 15 is 0 Å². The summed E-state index contributed by atoms with van der Waals surface area (Å²) in [5.74, 6) is 2.16. The first kappa shape index (κ1) is 25.6. The summed E-state index contributed by atoms with van der Waals surface area (Å²) in [4.78, 5) is 3.32. The van der Waals surface area contributed by atoms with Crippen molar-refractivity contribution in [3.63, 3.8) is 0 Å². The van der Waals surface area contributed by atoms with Crippen molar-refractivity contribution in [1.29, 1.82) is 10.5 Å². The Bertz CT molecular complexity index is 1240. The van der Waals surface area contributed by atoms with Crippen molar-refractivity contribution in [2.24, 2.45) is 5.92 Å². The van der Waals surface area contributed by atoms with Crippen LogP contribution in [-0.4, -0.2) is 57.2 Å². The minimum Gasteiger partial charge on any atom is -0.496 e. The fraction of sp³-hybridized carbons (Fsp3) is 0.500. The lowest BCUT2D eigenvalue weighted by atomic mass is 9.99. The van der Waals surface area contributed by atoms with Crippen LogP contribution in [0.2, 0.25) is 0 Å². The molecule has 3 heterocycles. The molecule has 0 saturated carbocycles. The van der Waals surface area contributed by atoms with E-state index in [2.05, 4.69) is 17.0 Å². The number of nitriles is 2. The van der Waals surface area contributed by atoms with Crippen molar-refractivity contribution in [2.45, 2.75) is 32.1 Å². The molecule has 1 aliphatic heterocycles. The second kappa shape index (κ2) is 12.0. The van der Waals surface area contributed by atoms with E-state index in [4.69, 9.17) is 29.3 Å². The average molecular weight is 510 g/mol. The van der Waals surface area contributed by atoms with E-state index in [0.29, 0.717) is 35.3 Å². The molecule has 0 atom stereocenters. The molecule has 0 unspecified atom stereocenters. The highest BCUT2D eigenvalue weighted by Crippen LogP contribution is 2.45. The third-order valence-corrected chi connectivity index (χ3v) is 7.42. The summed E-state index contributed by atoms with van der Waals surface area (Å²) in [6, 6.07) is 7.81. The number of thiazole rings is 1. The molecule has 0 radical (unpaired) electrons. The smallest absolute Gasteiger partial charge is 0.258 e. The van der Waals surface area contributed by atoms with Gasteiger partial charge in [0.1, 0.15) is 22.0 Å². The molecule has 0 N–H and O–H groups in total. The van der Waals surface area contributed by atoms with Crippen molar-refractivity contribution in [3.8, 4) is 40.8 Å². The number of fused-ring (bicyclic) bond motifs is 1. The van der Waals surface area contributed by atoms with Crippen LogP contribution in [0.25, 0.3) is 16.1 Å². The van der Waals surface area contributed by atoms with E-state index in [1.807, 2.05) is 9.90 Å². The first-order chi connectivity index (χ1) is 17.6. The monoisotopic (exact) mass is 509 g/mol. The number of methoxy groups -OCH3 is 3. The second-order valence-electron chi connectivity index (χ2n) is 8.68.